The highest BCUT2D eigenvalue weighted by Gasteiger charge is 2.28. The van der Waals surface area contributed by atoms with E-state index in [1.54, 1.807) is 12.1 Å². The zero-order valence-electron chi connectivity index (χ0n) is 11.8. The third kappa shape index (κ3) is 4.41. The van der Waals surface area contributed by atoms with Gasteiger partial charge in [-0.25, -0.2) is 0 Å². The molecule has 6 nitrogen and oxygen atoms in total. The van der Waals surface area contributed by atoms with Gasteiger partial charge in [-0.15, -0.1) is 12.4 Å². The van der Waals surface area contributed by atoms with Crippen LogP contribution in [0.1, 0.15) is 37.8 Å². The van der Waals surface area contributed by atoms with Crippen LogP contribution in [0, 0.1) is 16.0 Å². The summed E-state index contributed by atoms with van der Waals surface area (Å²) >= 11 is 0. The monoisotopic (exact) mass is 313 g/mol. The fourth-order valence-corrected chi connectivity index (χ4v) is 2.58. The minimum atomic E-state index is -0.436. The molecule has 0 bridgehead atoms. The number of non-ortho nitro benzene ring substituents is 1. The van der Waals surface area contributed by atoms with E-state index < -0.39 is 4.92 Å². The van der Waals surface area contributed by atoms with Crippen molar-refractivity contribution in [3.8, 4) is 0 Å². The van der Waals surface area contributed by atoms with Gasteiger partial charge in [0.2, 0.25) is 5.91 Å². The maximum absolute atomic E-state index is 12.1. The number of nitro benzene ring substituents is 1. The Morgan fingerprint density at radius 3 is 2.76 bits per heavy atom. The molecule has 1 saturated carbocycles. The number of nitrogens with zero attached hydrogens (tertiary/aromatic N) is 1. The predicted octanol–water partition coefficient (Wildman–Crippen LogP) is 2.32. The average Bonchev–Trinajstić information content (AvgIpc) is 2.85. The van der Waals surface area contributed by atoms with E-state index in [2.05, 4.69) is 5.32 Å². The van der Waals surface area contributed by atoms with Crippen molar-refractivity contribution < 1.29 is 9.72 Å². The van der Waals surface area contributed by atoms with Gasteiger partial charge in [0.05, 0.1) is 11.0 Å². The highest BCUT2D eigenvalue weighted by molar-refractivity contribution is 5.85. The maximum atomic E-state index is 12.1. The number of rotatable bonds is 4. The van der Waals surface area contributed by atoms with Gasteiger partial charge in [0.25, 0.3) is 5.69 Å². The molecule has 1 aromatic rings. The van der Waals surface area contributed by atoms with Crippen LogP contribution in [0.15, 0.2) is 24.3 Å². The second kappa shape index (κ2) is 7.38. The number of benzene rings is 1. The van der Waals surface area contributed by atoms with Gasteiger partial charge >= 0.3 is 0 Å². The predicted molar refractivity (Wildman–Crippen MR) is 82.2 cm³/mol. The third-order valence-corrected chi connectivity index (χ3v) is 3.78. The van der Waals surface area contributed by atoms with Crippen LogP contribution in [0.4, 0.5) is 5.69 Å². The quantitative estimate of drug-likeness (QED) is 0.658. The number of hydrogen-bond donors (Lipinski definition) is 2. The Morgan fingerprint density at radius 1 is 1.48 bits per heavy atom. The number of nitrogens with one attached hydrogen (secondary N) is 1. The number of halogens is 1. The molecule has 1 fully saturated rings. The first-order chi connectivity index (χ1) is 9.47. The molecule has 116 valence electrons. The molecule has 0 aliphatic heterocycles. The zero-order valence-corrected chi connectivity index (χ0v) is 12.6. The molecular weight excluding hydrogens is 294 g/mol. The maximum Gasteiger partial charge on any atom is 0.269 e. The van der Waals surface area contributed by atoms with Gasteiger partial charge in [0, 0.05) is 24.1 Å². The number of amides is 1. The zero-order chi connectivity index (χ0) is 14.7. The molecule has 2 rings (SSSR count). The van der Waals surface area contributed by atoms with Crippen LogP contribution in [0.3, 0.4) is 0 Å². The molecule has 0 saturated heterocycles. The van der Waals surface area contributed by atoms with Gasteiger partial charge < -0.3 is 11.1 Å². The van der Waals surface area contributed by atoms with Crippen molar-refractivity contribution in [2.24, 2.45) is 11.7 Å². The van der Waals surface area contributed by atoms with Crippen molar-refractivity contribution in [3.05, 3.63) is 39.9 Å². The lowest BCUT2D eigenvalue weighted by atomic mass is 10.0. The van der Waals surface area contributed by atoms with E-state index in [4.69, 9.17) is 5.73 Å². The normalized spacial score (nSPS) is 22.2. The summed E-state index contributed by atoms with van der Waals surface area (Å²) in [5.41, 5.74) is 6.57. The molecule has 3 atom stereocenters. The number of nitrogens with two attached hydrogens (primary N) is 1. The van der Waals surface area contributed by atoms with Crippen LogP contribution in [0.2, 0.25) is 0 Å². The van der Waals surface area contributed by atoms with Crippen LogP contribution in [0.25, 0.3) is 0 Å². The Morgan fingerprint density at radius 2 is 2.19 bits per heavy atom. The molecule has 7 heteroatoms. The molecule has 0 spiro atoms. The smallest absolute Gasteiger partial charge is 0.269 e. The molecule has 0 radical (unpaired) electrons. The third-order valence-electron chi connectivity index (χ3n) is 3.78. The first-order valence-electron chi connectivity index (χ1n) is 6.77. The molecule has 1 aliphatic rings. The minimum absolute atomic E-state index is 0. The number of hydrogen-bond acceptors (Lipinski definition) is 4. The molecule has 3 unspecified atom stereocenters. The summed E-state index contributed by atoms with van der Waals surface area (Å²) in [7, 11) is 0. The summed E-state index contributed by atoms with van der Waals surface area (Å²) in [4.78, 5) is 22.4. The lowest BCUT2D eigenvalue weighted by molar-refractivity contribution is -0.384. The summed E-state index contributed by atoms with van der Waals surface area (Å²) in [5, 5.41) is 13.7. The molecule has 0 aromatic heterocycles. The van der Waals surface area contributed by atoms with E-state index in [1.165, 1.54) is 12.1 Å². The summed E-state index contributed by atoms with van der Waals surface area (Å²) in [5.74, 6) is -0.0527. The van der Waals surface area contributed by atoms with Gasteiger partial charge in [0.15, 0.2) is 0 Å². The van der Waals surface area contributed by atoms with Crippen LogP contribution >= 0.6 is 12.4 Å². The number of carbonyl (C=O) groups is 1. The van der Waals surface area contributed by atoms with Crippen molar-refractivity contribution in [2.45, 2.75) is 38.3 Å². The van der Waals surface area contributed by atoms with Crippen LogP contribution in [0.5, 0.6) is 0 Å². The second-order valence-corrected chi connectivity index (χ2v) is 5.35. The summed E-state index contributed by atoms with van der Waals surface area (Å²) < 4.78 is 0. The van der Waals surface area contributed by atoms with Gasteiger partial charge in [-0.1, -0.05) is 12.1 Å². The van der Waals surface area contributed by atoms with E-state index in [-0.39, 0.29) is 42.0 Å². The molecule has 1 aliphatic carbocycles. The molecule has 3 N–H and O–H groups in total. The lowest BCUT2D eigenvalue weighted by Gasteiger charge is -2.17. The Bertz CT molecular complexity index is 524. The van der Waals surface area contributed by atoms with Crippen LogP contribution < -0.4 is 11.1 Å². The summed E-state index contributed by atoms with van der Waals surface area (Å²) in [6.07, 6.45) is 2.41. The molecule has 21 heavy (non-hydrogen) atoms. The van der Waals surface area contributed by atoms with E-state index in [0.717, 1.165) is 18.4 Å². The van der Waals surface area contributed by atoms with E-state index in [1.807, 2.05) is 6.92 Å². The Hall–Kier alpha value is -1.66. The Balaban J connectivity index is 0.00000220. The Kier molecular flexibility index (Phi) is 6.11. The Labute approximate surface area is 129 Å². The number of nitro groups is 1. The minimum Gasteiger partial charge on any atom is -0.349 e. The fourth-order valence-electron chi connectivity index (χ4n) is 2.58. The number of carbonyl (C=O) groups excluding carboxylic acids is 1. The van der Waals surface area contributed by atoms with Crippen molar-refractivity contribution in [3.63, 3.8) is 0 Å². The molecular formula is C14H20ClN3O3. The van der Waals surface area contributed by atoms with Crippen molar-refractivity contribution in [2.75, 3.05) is 0 Å². The first-order valence-corrected chi connectivity index (χ1v) is 6.77. The van der Waals surface area contributed by atoms with Crippen molar-refractivity contribution in [1.29, 1.82) is 0 Å². The molecule has 1 amide bonds. The standard InChI is InChI=1S/C14H19N3O3.ClH/c1-9(10-3-2-4-13(8-10)17(19)20)16-14(18)11-5-6-12(15)7-11;/h2-4,8-9,11-12H,5-7,15H2,1H3,(H,16,18);1H. The van der Waals surface area contributed by atoms with Gasteiger partial charge in [-0.3, -0.25) is 14.9 Å². The van der Waals surface area contributed by atoms with Crippen LogP contribution in [-0.2, 0) is 4.79 Å². The van der Waals surface area contributed by atoms with Crippen molar-refractivity contribution >= 4 is 24.0 Å². The van der Waals surface area contributed by atoms with Crippen molar-refractivity contribution in [1.82, 2.24) is 5.32 Å². The van der Waals surface area contributed by atoms with E-state index in [9.17, 15) is 14.9 Å². The highest BCUT2D eigenvalue weighted by atomic mass is 35.5. The molecule has 1 aromatic carbocycles. The largest absolute Gasteiger partial charge is 0.349 e. The SMILES string of the molecule is CC(NC(=O)C1CCC(N)C1)c1cccc([N+](=O)[O-])c1.Cl. The lowest BCUT2D eigenvalue weighted by Crippen LogP contribution is -2.32. The average molecular weight is 314 g/mol. The fraction of sp³-hybridized carbons (Fsp3) is 0.500. The highest BCUT2D eigenvalue weighted by Crippen LogP contribution is 2.25. The van der Waals surface area contributed by atoms with Crippen LogP contribution in [-0.4, -0.2) is 16.9 Å². The first kappa shape index (κ1) is 17.4. The second-order valence-electron chi connectivity index (χ2n) is 5.35. The topological polar surface area (TPSA) is 98.3 Å². The van der Waals surface area contributed by atoms with E-state index in [0.29, 0.717) is 6.42 Å². The van der Waals surface area contributed by atoms with E-state index >= 15 is 0 Å². The van der Waals surface area contributed by atoms with Gasteiger partial charge in [-0.05, 0) is 31.7 Å². The van der Waals surface area contributed by atoms with Gasteiger partial charge in [0.1, 0.15) is 0 Å². The van der Waals surface area contributed by atoms with Gasteiger partial charge in [-0.2, -0.15) is 0 Å². The molecule has 0 heterocycles. The summed E-state index contributed by atoms with van der Waals surface area (Å²) in [6, 6.07) is 6.19. The summed E-state index contributed by atoms with van der Waals surface area (Å²) in [6.45, 7) is 1.83.